The standard InChI is InChI=1S/C19H21F4NO3/c1-12(14-5-7-16(25-2)15(20)9-14)24-10-13-4-6-17(18(8-13)26-3)27-11-19(21,22)23/h4-9,12,24H,10-11H2,1-3H3. The second-order valence-corrected chi connectivity index (χ2v) is 5.89. The number of ether oxygens (including phenoxy) is 3. The molecule has 0 radical (unpaired) electrons. The highest BCUT2D eigenvalue weighted by Gasteiger charge is 2.29. The second kappa shape index (κ2) is 8.94. The van der Waals surface area contributed by atoms with Gasteiger partial charge in [-0.3, -0.25) is 0 Å². The van der Waals surface area contributed by atoms with Gasteiger partial charge < -0.3 is 19.5 Å². The summed E-state index contributed by atoms with van der Waals surface area (Å²) in [4.78, 5) is 0. The van der Waals surface area contributed by atoms with E-state index in [1.54, 1.807) is 24.3 Å². The van der Waals surface area contributed by atoms with Crippen molar-refractivity contribution in [2.24, 2.45) is 0 Å². The first kappa shape index (κ1) is 20.8. The molecule has 1 atom stereocenters. The Morgan fingerprint density at radius 3 is 2.22 bits per heavy atom. The first-order chi connectivity index (χ1) is 12.7. The molecule has 2 aromatic rings. The Morgan fingerprint density at radius 2 is 1.63 bits per heavy atom. The van der Waals surface area contributed by atoms with E-state index in [0.29, 0.717) is 6.54 Å². The van der Waals surface area contributed by atoms with Crippen LogP contribution in [0, 0.1) is 5.82 Å². The summed E-state index contributed by atoms with van der Waals surface area (Å²) >= 11 is 0. The molecule has 0 aliphatic carbocycles. The van der Waals surface area contributed by atoms with Gasteiger partial charge in [-0.05, 0) is 42.3 Å². The molecule has 0 saturated heterocycles. The molecule has 0 aliphatic rings. The van der Waals surface area contributed by atoms with Crippen LogP contribution in [0.15, 0.2) is 36.4 Å². The zero-order chi connectivity index (χ0) is 20.0. The molecule has 8 heteroatoms. The van der Waals surface area contributed by atoms with E-state index in [9.17, 15) is 17.6 Å². The third-order valence-electron chi connectivity index (χ3n) is 3.91. The number of methoxy groups -OCH3 is 2. The predicted octanol–water partition coefficient (Wildman–Crippen LogP) is 4.63. The van der Waals surface area contributed by atoms with E-state index >= 15 is 0 Å². The fraction of sp³-hybridized carbons (Fsp3) is 0.368. The molecule has 2 aromatic carbocycles. The van der Waals surface area contributed by atoms with Crippen molar-refractivity contribution >= 4 is 0 Å². The van der Waals surface area contributed by atoms with Crippen LogP contribution in [0.2, 0.25) is 0 Å². The molecule has 148 valence electrons. The van der Waals surface area contributed by atoms with Gasteiger partial charge in [0, 0.05) is 12.6 Å². The number of alkyl halides is 3. The van der Waals surface area contributed by atoms with Crippen molar-refractivity contribution in [2.75, 3.05) is 20.8 Å². The van der Waals surface area contributed by atoms with Crippen LogP contribution in [-0.4, -0.2) is 27.0 Å². The van der Waals surface area contributed by atoms with Crippen molar-refractivity contribution in [3.8, 4) is 17.2 Å². The Kier molecular flexibility index (Phi) is 6.90. The van der Waals surface area contributed by atoms with E-state index in [-0.39, 0.29) is 23.3 Å². The fourth-order valence-corrected chi connectivity index (χ4v) is 2.44. The Balaban J connectivity index is 2.01. The minimum atomic E-state index is -4.42. The van der Waals surface area contributed by atoms with E-state index in [0.717, 1.165) is 11.1 Å². The monoisotopic (exact) mass is 387 g/mol. The molecule has 0 heterocycles. The molecule has 1 N–H and O–H groups in total. The van der Waals surface area contributed by atoms with Gasteiger partial charge in [-0.2, -0.15) is 13.2 Å². The topological polar surface area (TPSA) is 39.7 Å². The van der Waals surface area contributed by atoms with Gasteiger partial charge in [0.25, 0.3) is 0 Å². The lowest BCUT2D eigenvalue weighted by molar-refractivity contribution is -0.153. The fourth-order valence-electron chi connectivity index (χ4n) is 2.44. The molecular weight excluding hydrogens is 366 g/mol. The summed E-state index contributed by atoms with van der Waals surface area (Å²) in [6.45, 7) is 0.894. The number of benzene rings is 2. The SMILES string of the molecule is COc1ccc(C(C)NCc2ccc(OCC(F)(F)F)c(OC)c2)cc1F. The maximum absolute atomic E-state index is 13.8. The Labute approximate surface area is 155 Å². The van der Waals surface area contributed by atoms with E-state index in [1.165, 1.54) is 26.4 Å². The Bertz CT molecular complexity index is 765. The van der Waals surface area contributed by atoms with E-state index < -0.39 is 18.6 Å². The number of nitrogens with one attached hydrogen (secondary N) is 1. The number of halogens is 4. The molecule has 4 nitrogen and oxygen atoms in total. The average molecular weight is 387 g/mol. The smallest absolute Gasteiger partial charge is 0.422 e. The molecule has 0 bridgehead atoms. The van der Waals surface area contributed by atoms with Gasteiger partial charge >= 0.3 is 6.18 Å². The molecule has 0 fully saturated rings. The molecule has 0 aliphatic heterocycles. The van der Waals surface area contributed by atoms with Crippen LogP contribution >= 0.6 is 0 Å². The molecule has 0 aromatic heterocycles. The largest absolute Gasteiger partial charge is 0.494 e. The lowest BCUT2D eigenvalue weighted by Crippen LogP contribution is -2.20. The van der Waals surface area contributed by atoms with Crippen LogP contribution in [0.3, 0.4) is 0 Å². The lowest BCUT2D eigenvalue weighted by Gasteiger charge is -2.17. The molecule has 1 unspecified atom stereocenters. The molecule has 27 heavy (non-hydrogen) atoms. The van der Waals surface area contributed by atoms with Crippen LogP contribution in [0.1, 0.15) is 24.1 Å². The van der Waals surface area contributed by atoms with E-state index in [1.807, 2.05) is 6.92 Å². The van der Waals surface area contributed by atoms with Crippen molar-refractivity contribution in [1.82, 2.24) is 5.32 Å². The van der Waals surface area contributed by atoms with E-state index in [2.05, 4.69) is 5.32 Å². The molecule has 0 saturated carbocycles. The summed E-state index contributed by atoms with van der Waals surface area (Å²) in [6, 6.07) is 9.22. The maximum atomic E-state index is 13.8. The molecule has 2 rings (SSSR count). The quantitative estimate of drug-likeness (QED) is 0.670. The third-order valence-corrected chi connectivity index (χ3v) is 3.91. The Hall–Kier alpha value is -2.48. The summed E-state index contributed by atoms with van der Waals surface area (Å²) in [6.07, 6.45) is -4.42. The average Bonchev–Trinajstić information content (AvgIpc) is 2.63. The van der Waals surface area contributed by atoms with Crippen molar-refractivity contribution < 1.29 is 31.8 Å². The zero-order valence-electron chi connectivity index (χ0n) is 15.2. The molecule has 0 spiro atoms. The molecular formula is C19H21F4NO3. The van der Waals surface area contributed by atoms with Gasteiger partial charge in [0.1, 0.15) is 0 Å². The van der Waals surface area contributed by atoms with Gasteiger partial charge in [0.2, 0.25) is 0 Å². The minimum Gasteiger partial charge on any atom is -0.494 e. The van der Waals surface area contributed by atoms with Gasteiger partial charge in [-0.15, -0.1) is 0 Å². The highest BCUT2D eigenvalue weighted by molar-refractivity contribution is 5.43. The number of hydrogen-bond donors (Lipinski definition) is 1. The number of hydrogen-bond acceptors (Lipinski definition) is 4. The predicted molar refractivity (Wildman–Crippen MR) is 92.8 cm³/mol. The van der Waals surface area contributed by atoms with Gasteiger partial charge in [0.05, 0.1) is 14.2 Å². The van der Waals surface area contributed by atoms with Crippen molar-refractivity contribution in [1.29, 1.82) is 0 Å². The van der Waals surface area contributed by atoms with Crippen molar-refractivity contribution in [3.05, 3.63) is 53.3 Å². The summed E-state index contributed by atoms with van der Waals surface area (Å²) in [5, 5.41) is 3.22. The van der Waals surface area contributed by atoms with Crippen LogP contribution in [0.5, 0.6) is 17.2 Å². The van der Waals surface area contributed by atoms with Crippen LogP contribution < -0.4 is 19.5 Å². The van der Waals surface area contributed by atoms with Crippen LogP contribution in [0.25, 0.3) is 0 Å². The van der Waals surface area contributed by atoms with Gasteiger partial charge in [0.15, 0.2) is 29.7 Å². The maximum Gasteiger partial charge on any atom is 0.422 e. The van der Waals surface area contributed by atoms with Crippen molar-refractivity contribution in [2.45, 2.75) is 25.7 Å². The van der Waals surface area contributed by atoms with Crippen LogP contribution in [-0.2, 0) is 6.54 Å². The van der Waals surface area contributed by atoms with Gasteiger partial charge in [-0.25, -0.2) is 4.39 Å². The zero-order valence-corrected chi connectivity index (χ0v) is 15.2. The Morgan fingerprint density at radius 1 is 0.963 bits per heavy atom. The highest BCUT2D eigenvalue weighted by atomic mass is 19.4. The summed E-state index contributed by atoms with van der Waals surface area (Å²) in [5.74, 6) is -0.0489. The molecule has 0 amide bonds. The van der Waals surface area contributed by atoms with Crippen molar-refractivity contribution in [3.63, 3.8) is 0 Å². The first-order valence-electron chi connectivity index (χ1n) is 8.16. The van der Waals surface area contributed by atoms with E-state index in [4.69, 9.17) is 14.2 Å². The van der Waals surface area contributed by atoms with Crippen LogP contribution in [0.4, 0.5) is 17.6 Å². The first-order valence-corrected chi connectivity index (χ1v) is 8.16. The third kappa shape index (κ3) is 6.02. The lowest BCUT2D eigenvalue weighted by atomic mass is 10.1. The summed E-state index contributed by atoms with van der Waals surface area (Å²) in [7, 11) is 2.75. The number of rotatable bonds is 8. The second-order valence-electron chi connectivity index (χ2n) is 5.89. The summed E-state index contributed by atoms with van der Waals surface area (Å²) in [5.41, 5.74) is 1.53. The summed E-state index contributed by atoms with van der Waals surface area (Å²) < 4.78 is 65.4. The van der Waals surface area contributed by atoms with Gasteiger partial charge in [-0.1, -0.05) is 12.1 Å². The normalized spacial score (nSPS) is 12.6. The minimum absolute atomic E-state index is 0.0175. The highest BCUT2D eigenvalue weighted by Crippen LogP contribution is 2.30.